The van der Waals surface area contributed by atoms with E-state index in [1.54, 1.807) is 29.1 Å². The Hall–Kier alpha value is -2.15. The lowest BCUT2D eigenvalue weighted by atomic mass is 10.3. The minimum atomic E-state index is 0. The fraction of sp³-hybridized carbons (Fsp3) is 0.125. The average molecular weight is 398 g/mol. The lowest BCUT2D eigenvalue weighted by Gasteiger charge is -2.03. The molecule has 0 amide bonds. The highest BCUT2D eigenvalue weighted by Gasteiger charge is 2.09. The minimum absolute atomic E-state index is 0. The first-order valence-corrected chi connectivity index (χ1v) is 7.91. The van der Waals surface area contributed by atoms with Crippen molar-refractivity contribution in [3.63, 3.8) is 0 Å². The Morgan fingerprint density at radius 3 is 2.72 bits per heavy atom. The highest BCUT2D eigenvalue weighted by Crippen LogP contribution is 2.31. The summed E-state index contributed by atoms with van der Waals surface area (Å²) in [6.45, 7) is 0.550. The van der Waals surface area contributed by atoms with Crippen LogP contribution in [0.2, 0.25) is 10.0 Å². The molecule has 0 aliphatic rings. The first-order chi connectivity index (χ1) is 11.5. The first kappa shape index (κ1) is 19.2. The van der Waals surface area contributed by atoms with Gasteiger partial charge in [-0.05, 0) is 24.3 Å². The van der Waals surface area contributed by atoms with E-state index in [1.165, 1.54) is 0 Å². The van der Waals surface area contributed by atoms with Crippen LogP contribution in [0.3, 0.4) is 0 Å². The van der Waals surface area contributed by atoms with Gasteiger partial charge in [0, 0.05) is 16.7 Å². The summed E-state index contributed by atoms with van der Waals surface area (Å²) < 4.78 is 3.64. The monoisotopic (exact) mass is 396 g/mol. The zero-order valence-electron chi connectivity index (χ0n) is 13.3. The first-order valence-electron chi connectivity index (χ1n) is 7.15. The van der Waals surface area contributed by atoms with Crippen molar-refractivity contribution in [1.82, 2.24) is 9.78 Å². The van der Waals surface area contributed by atoms with Gasteiger partial charge in [0.2, 0.25) is 0 Å². The van der Waals surface area contributed by atoms with E-state index in [9.17, 15) is 0 Å². The van der Waals surface area contributed by atoms with Gasteiger partial charge in [0.05, 0.1) is 17.8 Å². The number of nitrogens with two attached hydrogens (primary N) is 1. The van der Waals surface area contributed by atoms with Crippen molar-refractivity contribution in [3.05, 3.63) is 64.5 Å². The summed E-state index contributed by atoms with van der Waals surface area (Å²) in [6.07, 6.45) is 5.54. The molecule has 3 aromatic rings. The second-order valence-corrected chi connectivity index (χ2v) is 6.09. The van der Waals surface area contributed by atoms with Gasteiger partial charge in [0.25, 0.3) is 0 Å². The van der Waals surface area contributed by atoms with Gasteiger partial charge in [0.15, 0.2) is 12.4 Å². The van der Waals surface area contributed by atoms with Crippen LogP contribution in [0.25, 0.3) is 0 Å². The number of hydrogen-bond donors (Lipinski definition) is 1. The maximum atomic E-state index is 6.10. The fourth-order valence-corrected chi connectivity index (χ4v) is 2.50. The number of azo groups is 1. The second kappa shape index (κ2) is 8.29. The Bertz CT molecular complexity index is 907. The summed E-state index contributed by atoms with van der Waals surface area (Å²) in [4.78, 5) is 0. The summed E-state index contributed by atoms with van der Waals surface area (Å²) in [6, 6.07) is 8.97. The number of aromatic nitrogens is 3. The molecule has 0 atom stereocenters. The quantitative estimate of drug-likeness (QED) is 0.528. The molecule has 6 nitrogen and oxygen atoms in total. The molecule has 0 bridgehead atoms. The van der Waals surface area contributed by atoms with E-state index >= 15 is 0 Å². The molecule has 0 saturated heterocycles. The minimum Gasteiger partial charge on any atom is -1.00 e. The molecular weight excluding hydrogens is 383 g/mol. The van der Waals surface area contributed by atoms with Gasteiger partial charge in [-0.15, -0.1) is 10.2 Å². The van der Waals surface area contributed by atoms with Crippen LogP contribution in [0.4, 0.5) is 17.2 Å². The van der Waals surface area contributed by atoms with Crippen LogP contribution >= 0.6 is 23.2 Å². The average Bonchev–Trinajstić information content (AvgIpc) is 2.89. The number of benzene rings is 1. The number of hydrogen-bond acceptors (Lipinski definition) is 4. The van der Waals surface area contributed by atoms with Crippen molar-refractivity contribution in [2.75, 3.05) is 5.73 Å². The van der Waals surface area contributed by atoms with Gasteiger partial charge in [-0.1, -0.05) is 23.2 Å². The second-order valence-electron chi connectivity index (χ2n) is 5.25. The van der Waals surface area contributed by atoms with Crippen LogP contribution in [0, 0.1) is 0 Å². The number of aryl methyl sites for hydroxylation is 1. The maximum absolute atomic E-state index is 6.10. The topological polar surface area (TPSA) is 72.4 Å². The van der Waals surface area contributed by atoms with Gasteiger partial charge in [-0.25, -0.2) is 9.25 Å². The lowest BCUT2D eigenvalue weighted by molar-refractivity contribution is -0.671. The zero-order chi connectivity index (χ0) is 17.1. The SMILES string of the molecule is C[n+]1cccc(Cn2ncc(N=Nc3cc(Cl)ccc3Cl)c2N)c1.[Cl-]. The van der Waals surface area contributed by atoms with Crippen LogP contribution in [0.15, 0.2) is 59.2 Å². The number of halogens is 3. The Kier molecular flexibility index (Phi) is 6.36. The van der Waals surface area contributed by atoms with E-state index in [2.05, 4.69) is 15.3 Å². The van der Waals surface area contributed by atoms with Crippen LogP contribution in [0.5, 0.6) is 0 Å². The maximum Gasteiger partial charge on any atom is 0.173 e. The molecule has 0 aliphatic heterocycles. The number of nitrogens with zero attached hydrogens (tertiary/aromatic N) is 5. The predicted octanol–water partition coefficient (Wildman–Crippen LogP) is 1.06. The van der Waals surface area contributed by atoms with Gasteiger partial charge < -0.3 is 18.1 Å². The lowest BCUT2D eigenvalue weighted by Crippen LogP contribution is -3.00. The van der Waals surface area contributed by atoms with Crippen molar-refractivity contribution in [2.24, 2.45) is 17.3 Å². The highest BCUT2D eigenvalue weighted by atomic mass is 35.5. The standard InChI is InChI=1S/C16H15Cl2N6.ClH/c1-23-6-2-3-11(9-23)10-24-16(19)15(8-20-24)22-21-14-7-12(17)4-5-13(14)18;/h2-9H,10,19H2,1H3;1H/q+1;/p-1. The molecule has 2 heterocycles. The van der Waals surface area contributed by atoms with E-state index in [-0.39, 0.29) is 12.4 Å². The zero-order valence-corrected chi connectivity index (χ0v) is 15.5. The van der Waals surface area contributed by atoms with E-state index in [1.807, 2.05) is 36.1 Å². The number of nitrogen functional groups attached to an aromatic ring is 1. The molecule has 0 unspecified atom stereocenters. The predicted molar refractivity (Wildman–Crippen MR) is 94.0 cm³/mol. The number of rotatable bonds is 4. The van der Waals surface area contributed by atoms with Gasteiger partial charge >= 0.3 is 0 Å². The van der Waals surface area contributed by atoms with Crippen LogP contribution in [0.1, 0.15) is 5.56 Å². The van der Waals surface area contributed by atoms with E-state index in [0.717, 1.165) is 5.56 Å². The Labute approximate surface area is 161 Å². The number of pyridine rings is 1. The van der Waals surface area contributed by atoms with Crippen LogP contribution in [-0.4, -0.2) is 9.78 Å². The third-order valence-corrected chi connectivity index (χ3v) is 3.92. The summed E-state index contributed by atoms with van der Waals surface area (Å²) in [7, 11) is 1.96. The fourth-order valence-electron chi connectivity index (χ4n) is 2.17. The van der Waals surface area contributed by atoms with Crippen molar-refractivity contribution in [2.45, 2.75) is 6.54 Å². The molecule has 0 radical (unpaired) electrons. The molecule has 1 aromatic carbocycles. The van der Waals surface area contributed by atoms with E-state index in [4.69, 9.17) is 28.9 Å². The van der Waals surface area contributed by atoms with Crippen LogP contribution in [-0.2, 0) is 13.6 Å². The smallest absolute Gasteiger partial charge is 0.173 e. The molecule has 2 N–H and O–H groups in total. The molecule has 3 rings (SSSR count). The Morgan fingerprint density at radius 1 is 1.20 bits per heavy atom. The van der Waals surface area contributed by atoms with Gasteiger partial charge in [-0.3, -0.25) is 0 Å². The van der Waals surface area contributed by atoms with E-state index in [0.29, 0.717) is 33.8 Å². The van der Waals surface area contributed by atoms with Crippen molar-refractivity contribution in [3.8, 4) is 0 Å². The number of anilines is 1. The Balaban J connectivity index is 0.00000225. The van der Waals surface area contributed by atoms with Gasteiger partial charge in [0.1, 0.15) is 24.2 Å². The molecule has 0 spiro atoms. The Morgan fingerprint density at radius 2 is 1.96 bits per heavy atom. The summed E-state index contributed by atoms with van der Waals surface area (Å²) in [5, 5.41) is 13.5. The molecule has 0 aliphatic carbocycles. The molecule has 130 valence electrons. The third-order valence-electron chi connectivity index (χ3n) is 3.37. The summed E-state index contributed by atoms with van der Waals surface area (Å²) >= 11 is 12.0. The van der Waals surface area contributed by atoms with Gasteiger partial charge in [-0.2, -0.15) is 5.10 Å². The normalized spacial score (nSPS) is 10.8. The summed E-state index contributed by atoms with van der Waals surface area (Å²) in [5.74, 6) is 0.434. The third kappa shape index (κ3) is 4.69. The van der Waals surface area contributed by atoms with Crippen LogP contribution < -0.4 is 22.7 Å². The summed E-state index contributed by atoms with van der Waals surface area (Å²) in [5.41, 5.74) is 8.14. The molecule has 0 saturated carbocycles. The molecule has 2 aromatic heterocycles. The van der Waals surface area contributed by atoms with Crippen molar-refractivity contribution in [1.29, 1.82) is 0 Å². The van der Waals surface area contributed by atoms with E-state index < -0.39 is 0 Å². The molecule has 0 fully saturated rings. The molecule has 25 heavy (non-hydrogen) atoms. The largest absolute Gasteiger partial charge is 1.00 e. The molecule has 9 heteroatoms. The molecular formula is C16H15Cl3N6. The van der Waals surface area contributed by atoms with Crippen molar-refractivity contribution >= 4 is 40.4 Å². The van der Waals surface area contributed by atoms with Crippen molar-refractivity contribution < 1.29 is 17.0 Å². The highest BCUT2D eigenvalue weighted by molar-refractivity contribution is 6.35.